The molecular formula is C11H13FN2O6S. The zero-order valence-corrected chi connectivity index (χ0v) is 11.8. The van der Waals surface area contributed by atoms with Crippen molar-refractivity contribution in [2.75, 3.05) is 13.1 Å². The first-order valence-corrected chi connectivity index (χ1v) is 7.30. The number of carbonyl (C=O) groups is 1. The Morgan fingerprint density at radius 3 is 2.57 bits per heavy atom. The van der Waals surface area contributed by atoms with Crippen molar-refractivity contribution >= 4 is 21.7 Å². The first-order chi connectivity index (χ1) is 9.70. The molecule has 116 valence electrons. The van der Waals surface area contributed by atoms with Gasteiger partial charge in [0.1, 0.15) is 12.4 Å². The first-order valence-electron chi connectivity index (χ1n) is 5.86. The van der Waals surface area contributed by atoms with Crippen molar-refractivity contribution in [1.29, 1.82) is 0 Å². The van der Waals surface area contributed by atoms with Gasteiger partial charge in [-0.15, -0.1) is 0 Å². The van der Waals surface area contributed by atoms with Gasteiger partial charge in [-0.3, -0.25) is 14.9 Å². The average Bonchev–Trinajstić information content (AvgIpc) is 2.37. The molecule has 0 fully saturated rings. The molecule has 0 radical (unpaired) electrons. The van der Waals surface area contributed by atoms with E-state index in [0.29, 0.717) is 16.8 Å². The second kappa shape index (κ2) is 6.59. The molecule has 0 amide bonds. The van der Waals surface area contributed by atoms with Gasteiger partial charge in [-0.1, -0.05) is 6.92 Å². The molecule has 0 saturated carbocycles. The third kappa shape index (κ3) is 3.95. The smallest absolute Gasteiger partial charge is 0.318 e. The van der Waals surface area contributed by atoms with E-state index in [1.807, 2.05) is 0 Å². The number of carboxylic acids is 1. The summed E-state index contributed by atoms with van der Waals surface area (Å²) in [5, 5.41) is 19.6. The number of carboxylic acid groups (broad SMARTS) is 1. The minimum absolute atomic E-state index is 0.122. The summed E-state index contributed by atoms with van der Waals surface area (Å²) >= 11 is 0. The number of sulfonamides is 1. The van der Waals surface area contributed by atoms with Crippen LogP contribution in [0.3, 0.4) is 0 Å². The Hall–Kier alpha value is -2.07. The van der Waals surface area contributed by atoms with E-state index >= 15 is 0 Å². The molecule has 21 heavy (non-hydrogen) atoms. The zero-order valence-electron chi connectivity index (χ0n) is 11.0. The van der Waals surface area contributed by atoms with E-state index in [0.717, 1.165) is 12.1 Å². The number of nitro benzene ring substituents is 1. The van der Waals surface area contributed by atoms with E-state index < -0.39 is 43.9 Å². The van der Waals surface area contributed by atoms with Crippen molar-refractivity contribution < 1.29 is 27.6 Å². The minimum Gasteiger partial charge on any atom is -0.480 e. The fourth-order valence-corrected chi connectivity index (χ4v) is 3.29. The lowest BCUT2D eigenvalue weighted by molar-refractivity contribution is -0.388. The van der Waals surface area contributed by atoms with Crippen LogP contribution in [0.25, 0.3) is 0 Å². The molecule has 1 N–H and O–H groups in total. The molecule has 0 bridgehead atoms. The van der Waals surface area contributed by atoms with Gasteiger partial charge in [-0.25, -0.2) is 12.8 Å². The predicted octanol–water partition coefficient (Wildman–Crippen LogP) is 1.22. The maximum Gasteiger partial charge on any atom is 0.318 e. The predicted molar refractivity (Wildman–Crippen MR) is 69.7 cm³/mol. The monoisotopic (exact) mass is 320 g/mol. The highest BCUT2D eigenvalue weighted by atomic mass is 32.2. The molecule has 0 spiro atoms. The van der Waals surface area contributed by atoms with Crippen LogP contribution in [-0.4, -0.2) is 41.8 Å². The summed E-state index contributed by atoms with van der Waals surface area (Å²) in [6, 6.07) is 2.01. The van der Waals surface area contributed by atoms with Gasteiger partial charge in [-0.05, 0) is 18.6 Å². The lowest BCUT2D eigenvalue weighted by Crippen LogP contribution is -2.36. The van der Waals surface area contributed by atoms with Crippen molar-refractivity contribution in [2.45, 2.75) is 18.2 Å². The number of rotatable bonds is 7. The topological polar surface area (TPSA) is 118 Å². The second-order valence-corrected chi connectivity index (χ2v) is 6.01. The fourth-order valence-electron chi connectivity index (χ4n) is 1.67. The normalized spacial score (nSPS) is 11.6. The molecule has 0 saturated heterocycles. The maximum atomic E-state index is 13.0. The SMILES string of the molecule is CCCN(CC(=O)O)S(=O)(=O)c1ccc(F)cc1[N+](=O)[O-]. The van der Waals surface area contributed by atoms with Crippen LogP contribution < -0.4 is 0 Å². The van der Waals surface area contributed by atoms with Crippen LogP contribution >= 0.6 is 0 Å². The largest absolute Gasteiger partial charge is 0.480 e. The number of halogens is 1. The molecule has 0 unspecified atom stereocenters. The summed E-state index contributed by atoms with van der Waals surface area (Å²) in [4.78, 5) is 19.8. The van der Waals surface area contributed by atoms with E-state index in [1.165, 1.54) is 0 Å². The Morgan fingerprint density at radius 2 is 2.10 bits per heavy atom. The van der Waals surface area contributed by atoms with E-state index in [4.69, 9.17) is 5.11 Å². The van der Waals surface area contributed by atoms with Crippen LogP contribution in [0.2, 0.25) is 0 Å². The van der Waals surface area contributed by atoms with Crippen LogP contribution in [0.15, 0.2) is 23.1 Å². The minimum atomic E-state index is -4.41. The van der Waals surface area contributed by atoms with Crippen molar-refractivity contribution in [1.82, 2.24) is 4.31 Å². The Morgan fingerprint density at radius 1 is 1.48 bits per heavy atom. The highest BCUT2D eigenvalue weighted by Gasteiger charge is 2.32. The Bertz CT molecular complexity index is 661. The standard InChI is InChI=1S/C11H13FN2O6S/c1-2-5-13(7-11(15)16)21(19,20)10-4-3-8(12)6-9(10)14(17)18/h3-4,6H,2,5,7H2,1H3,(H,15,16). The molecule has 0 aromatic heterocycles. The lowest BCUT2D eigenvalue weighted by atomic mass is 10.3. The summed E-state index contributed by atoms with van der Waals surface area (Å²) < 4.78 is 38.3. The van der Waals surface area contributed by atoms with Crippen LogP contribution in [-0.2, 0) is 14.8 Å². The summed E-state index contributed by atoms with van der Waals surface area (Å²) in [5.74, 6) is -2.35. The van der Waals surface area contributed by atoms with Gasteiger partial charge < -0.3 is 5.11 Å². The van der Waals surface area contributed by atoms with E-state index in [-0.39, 0.29) is 6.54 Å². The summed E-state index contributed by atoms with van der Waals surface area (Å²) in [5.41, 5.74) is -0.929. The summed E-state index contributed by atoms with van der Waals surface area (Å²) in [6.45, 7) is 0.678. The maximum absolute atomic E-state index is 13.0. The molecule has 0 aliphatic heterocycles. The van der Waals surface area contributed by atoms with Gasteiger partial charge in [0.15, 0.2) is 4.90 Å². The highest BCUT2D eigenvalue weighted by Crippen LogP contribution is 2.27. The van der Waals surface area contributed by atoms with Gasteiger partial charge in [-0.2, -0.15) is 4.31 Å². The van der Waals surface area contributed by atoms with E-state index in [1.54, 1.807) is 6.92 Å². The Kier molecular flexibility index (Phi) is 5.33. The third-order valence-electron chi connectivity index (χ3n) is 2.52. The van der Waals surface area contributed by atoms with Crippen LogP contribution in [0.4, 0.5) is 10.1 Å². The number of nitro groups is 1. The van der Waals surface area contributed by atoms with Gasteiger partial charge in [0.25, 0.3) is 5.69 Å². The van der Waals surface area contributed by atoms with Gasteiger partial charge >= 0.3 is 5.97 Å². The average molecular weight is 320 g/mol. The van der Waals surface area contributed by atoms with Crippen molar-refractivity contribution in [3.8, 4) is 0 Å². The lowest BCUT2D eigenvalue weighted by Gasteiger charge is -2.19. The van der Waals surface area contributed by atoms with Crippen LogP contribution in [0, 0.1) is 15.9 Å². The Labute approximate surface area is 120 Å². The molecule has 0 atom stereocenters. The van der Waals surface area contributed by atoms with Gasteiger partial charge in [0.2, 0.25) is 10.0 Å². The molecule has 0 aliphatic rings. The number of hydrogen-bond acceptors (Lipinski definition) is 5. The summed E-state index contributed by atoms with van der Waals surface area (Å²) in [7, 11) is -4.41. The number of benzene rings is 1. The van der Waals surface area contributed by atoms with Crippen molar-refractivity contribution in [3.05, 3.63) is 34.1 Å². The molecule has 1 aromatic rings. The van der Waals surface area contributed by atoms with E-state index in [2.05, 4.69) is 0 Å². The molecule has 1 rings (SSSR count). The molecule has 1 aromatic carbocycles. The molecule has 8 nitrogen and oxygen atoms in total. The van der Waals surface area contributed by atoms with Crippen molar-refractivity contribution in [2.24, 2.45) is 0 Å². The van der Waals surface area contributed by atoms with Gasteiger partial charge in [0, 0.05) is 6.54 Å². The fraction of sp³-hybridized carbons (Fsp3) is 0.364. The third-order valence-corrected chi connectivity index (χ3v) is 4.41. The number of aliphatic carboxylic acids is 1. The molecule has 0 heterocycles. The molecular weight excluding hydrogens is 307 g/mol. The van der Waals surface area contributed by atoms with Gasteiger partial charge in [0.05, 0.1) is 11.0 Å². The Balaban J connectivity index is 3.40. The quantitative estimate of drug-likeness (QED) is 0.596. The zero-order chi connectivity index (χ0) is 16.2. The van der Waals surface area contributed by atoms with Crippen LogP contribution in [0.1, 0.15) is 13.3 Å². The molecule has 10 heteroatoms. The van der Waals surface area contributed by atoms with E-state index in [9.17, 15) is 27.7 Å². The highest BCUT2D eigenvalue weighted by molar-refractivity contribution is 7.89. The molecule has 0 aliphatic carbocycles. The van der Waals surface area contributed by atoms with Crippen LogP contribution in [0.5, 0.6) is 0 Å². The number of hydrogen-bond donors (Lipinski definition) is 1. The number of nitrogens with zero attached hydrogens (tertiary/aromatic N) is 2. The second-order valence-electron chi connectivity index (χ2n) is 4.10. The summed E-state index contributed by atoms with van der Waals surface area (Å²) in [6.07, 6.45) is 0.321. The first kappa shape index (κ1) is 17.0. The van der Waals surface area contributed by atoms with Crippen molar-refractivity contribution in [3.63, 3.8) is 0 Å².